The number of hydrogen-bond acceptors (Lipinski definition) is 4. The number of furan rings is 1. The molecule has 8 heteroatoms. The van der Waals surface area contributed by atoms with Crippen LogP contribution in [0.3, 0.4) is 0 Å². The highest BCUT2D eigenvalue weighted by molar-refractivity contribution is 5.92. The van der Waals surface area contributed by atoms with Crippen molar-refractivity contribution >= 4 is 17.8 Å². The topological polar surface area (TPSA) is 86.1 Å². The lowest BCUT2D eigenvalue weighted by Gasteiger charge is -2.34. The van der Waals surface area contributed by atoms with E-state index in [2.05, 4.69) is 5.32 Å². The van der Waals surface area contributed by atoms with Crippen LogP contribution in [-0.2, 0) is 4.79 Å². The highest BCUT2D eigenvalue weighted by Gasteiger charge is 2.32. The maximum Gasteiger partial charge on any atom is 0.318 e. The van der Waals surface area contributed by atoms with Crippen molar-refractivity contribution in [2.24, 2.45) is 0 Å². The van der Waals surface area contributed by atoms with Gasteiger partial charge in [0.15, 0.2) is 5.76 Å². The van der Waals surface area contributed by atoms with E-state index in [4.69, 9.17) is 4.42 Å². The van der Waals surface area contributed by atoms with E-state index in [0.717, 1.165) is 0 Å². The summed E-state index contributed by atoms with van der Waals surface area (Å²) in [5.74, 6) is 0.0927. The van der Waals surface area contributed by atoms with Gasteiger partial charge in [-0.25, -0.2) is 4.79 Å². The van der Waals surface area contributed by atoms with E-state index in [0.29, 0.717) is 44.9 Å². The molecule has 0 unspecified atom stereocenters. The Morgan fingerprint density at radius 3 is 2.43 bits per heavy atom. The van der Waals surface area contributed by atoms with E-state index in [1.807, 2.05) is 0 Å². The summed E-state index contributed by atoms with van der Waals surface area (Å²) in [7, 11) is 1.73. The Labute approximate surface area is 134 Å². The molecular formula is C15H20N4O4. The van der Waals surface area contributed by atoms with E-state index >= 15 is 0 Å². The molecule has 0 bridgehead atoms. The fourth-order valence-corrected chi connectivity index (χ4v) is 2.87. The summed E-state index contributed by atoms with van der Waals surface area (Å²) >= 11 is 0. The molecule has 2 aliphatic rings. The van der Waals surface area contributed by atoms with Crippen molar-refractivity contribution < 1.29 is 18.8 Å². The van der Waals surface area contributed by atoms with Crippen LogP contribution in [0.2, 0.25) is 0 Å². The van der Waals surface area contributed by atoms with Crippen LogP contribution in [0.5, 0.6) is 0 Å². The van der Waals surface area contributed by atoms with E-state index in [9.17, 15) is 14.4 Å². The second-order valence-corrected chi connectivity index (χ2v) is 5.81. The van der Waals surface area contributed by atoms with Crippen LogP contribution in [0.4, 0.5) is 4.79 Å². The van der Waals surface area contributed by atoms with Gasteiger partial charge in [-0.15, -0.1) is 0 Å². The summed E-state index contributed by atoms with van der Waals surface area (Å²) in [6.45, 7) is 2.44. The number of urea groups is 1. The molecule has 2 fully saturated rings. The predicted octanol–water partition coefficient (Wildman–Crippen LogP) is -0.0223. The summed E-state index contributed by atoms with van der Waals surface area (Å²) in [5, 5.41) is 2.77. The molecule has 0 radical (unpaired) electrons. The van der Waals surface area contributed by atoms with Crippen molar-refractivity contribution in [2.75, 3.05) is 39.8 Å². The molecule has 0 spiro atoms. The van der Waals surface area contributed by atoms with Crippen molar-refractivity contribution in [1.29, 1.82) is 0 Å². The maximum absolute atomic E-state index is 12.2. The van der Waals surface area contributed by atoms with Crippen molar-refractivity contribution in [2.45, 2.75) is 12.5 Å². The monoisotopic (exact) mass is 320 g/mol. The molecule has 1 N–H and O–H groups in total. The number of likely N-dealkylation sites (tertiary alicyclic amines) is 1. The largest absolute Gasteiger partial charge is 0.459 e. The highest BCUT2D eigenvalue weighted by atomic mass is 16.3. The summed E-state index contributed by atoms with van der Waals surface area (Å²) in [6.07, 6.45) is 2.10. The third-order valence-corrected chi connectivity index (χ3v) is 4.31. The fraction of sp³-hybridized carbons (Fsp3) is 0.533. The molecular weight excluding hydrogens is 300 g/mol. The number of hydrogen-bond donors (Lipinski definition) is 1. The molecule has 2 saturated heterocycles. The number of carbonyl (C=O) groups is 3. The van der Waals surface area contributed by atoms with Crippen molar-refractivity contribution in [3.05, 3.63) is 24.2 Å². The van der Waals surface area contributed by atoms with Crippen LogP contribution in [0.1, 0.15) is 17.0 Å². The maximum atomic E-state index is 12.2. The van der Waals surface area contributed by atoms with Crippen LogP contribution >= 0.6 is 0 Å². The summed E-state index contributed by atoms with van der Waals surface area (Å²) in [4.78, 5) is 41.1. The third kappa shape index (κ3) is 3.15. The average molecular weight is 320 g/mol. The molecule has 0 aliphatic carbocycles. The molecule has 4 amide bonds. The first kappa shape index (κ1) is 15.4. The minimum Gasteiger partial charge on any atom is -0.459 e. The molecule has 3 rings (SSSR count). The predicted molar refractivity (Wildman–Crippen MR) is 80.8 cm³/mol. The lowest BCUT2D eigenvalue weighted by Crippen LogP contribution is -2.55. The van der Waals surface area contributed by atoms with Crippen LogP contribution in [0, 0.1) is 0 Å². The van der Waals surface area contributed by atoms with E-state index in [-0.39, 0.29) is 17.8 Å². The number of rotatable bonds is 2. The molecule has 1 aromatic heterocycles. The molecule has 8 nitrogen and oxygen atoms in total. The van der Waals surface area contributed by atoms with Crippen molar-refractivity contribution in [1.82, 2.24) is 20.0 Å². The zero-order chi connectivity index (χ0) is 16.4. The molecule has 124 valence electrons. The van der Waals surface area contributed by atoms with Gasteiger partial charge in [0.05, 0.1) is 6.26 Å². The first-order valence-corrected chi connectivity index (χ1v) is 7.69. The Bertz CT molecular complexity index is 593. The number of likely N-dealkylation sites (N-methyl/N-ethyl adjacent to an activating group) is 1. The number of amides is 4. The van der Waals surface area contributed by atoms with Crippen LogP contribution in [0.15, 0.2) is 22.8 Å². The van der Waals surface area contributed by atoms with E-state index < -0.39 is 6.04 Å². The second kappa shape index (κ2) is 6.31. The van der Waals surface area contributed by atoms with Crippen LogP contribution in [-0.4, -0.2) is 78.4 Å². The Morgan fingerprint density at radius 1 is 1.17 bits per heavy atom. The van der Waals surface area contributed by atoms with Gasteiger partial charge in [0.1, 0.15) is 6.04 Å². The normalized spacial score (nSPS) is 21.7. The molecule has 0 aromatic carbocycles. The molecule has 0 saturated carbocycles. The first-order chi connectivity index (χ1) is 11.1. The number of carbonyl (C=O) groups excluding carboxylic acids is 3. The van der Waals surface area contributed by atoms with Crippen molar-refractivity contribution in [3.63, 3.8) is 0 Å². The fourth-order valence-electron chi connectivity index (χ4n) is 2.87. The molecule has 2 aliphatic heterocycles. The molecule has 3 heterocycles. The summed E-state index contributed by atoms with van der Waals surface area (Å²) < 4.78 is 5.11. The lowest BCUT2D eigenvalue weighted by atomic mass is 10.2. The minimum absolute atomic E-state index is 0.0509. The van der Waals surface area contributed by atoms with Gasteiger partial charge in [-0.3, -0.25) is 9.59 Å². The van der Waals surface area contributed by atoms with Gasteiger partial charge in [0.25, 0.3) is 5.91 Å². The third-order valence-electron chi connectivity index (χ3n) is 4.31. The van der Waals surface area contributed by atoms with Crippen LogP contribution < -0.4 is 5.32 Å². The zero-order valence-corrected chi connectivity index (χ0v) is 13.0. The summed E-state index contributed by atoms with van der Waals surface area (Å²) in [5.41, 5.74) is 0. The standard InChI is InChI=1S/C15H20N4O4/c1-17-5-4-11(13(17)20)16-15(22)19-8-6-18(7-9-19)14(21)12-3-2-10-23-12/h2-3,10-11H,4-9H2,1H3,(H,16,22)/t11-/m0/s1. The van der Waals surface area contributed by atoms with E-state index in [1.54, 1.807) is 33.9 Å². The van der Waals surface area contributed by atoms with E-state index in [1.165, 1.54) is 6.26 Å². The van der Waals surface area contributed by atoms with Gasteiger partial charge in [0, 0.05) is 39.8 Å². The lowest BCUT2D eigenvalue weighted by molar-refractivity contribution is -0.128. The second-order valence-electron chi connectivity index (χ2n) is 5.81. The Morgan fingerprint density at radius 2 is 1.87 bits per heavy atom. The highest BCUT2D eigenvalue weighted by Crippen LogP contribution is 2.12. The van der Waals surface area contributed by atoms with Crippen LogP contribution in [0.25, 0.3) is 0 Å². The number of nitrogens with one attached hydrogen (secondary N) is 1. The number of nitrogens with zero attached hydrogens (tertiary/aromatic N) is 3. The first-order valence-electron chi connectivity index (χ1n) is 7.69. The van der Waals surface area contributed by atoms with Gasteiger partial charge in [0.2, 0.25) is 5.91 Å². The Hall–Kier alpha value is -2.51. The van der Waals surface area contributed by atoms with Gasteiger partial charge in [-0.1, -0.05) is 0 Å². The Balaban J connectivity index is 1.50. The number of piperazine rings is 1. The van der Waals surface area contributed by atoms with Gasteiger partial charge in [-0.2, -0.15) is 0 Å². The molecule has 23 heavy (non-hydrogen) atoms. The minimum atomic E-state index is -0.435. The van der Waals surface area contributed by atoms with Crippen molar-refractivity contribution in [3.8, 4) is 0 Å². The quantitative estimate of drug-likeness (QED) is 0.829. The van der Waals surface area contributed by atoms with Gasteiger partial charge < -0.3 is 24.4 Å². The zero-order valence-electron chi connectivity index (χ0n) is 13.0. The molecule has 1 atom stereocenters. The summed E-state index contributed by atoms with van der Waals surface area (Å²) in [6, 6.07) is 2.62. The van der Waals surface area contributed by atoms with Gasteiger partial charge in [-0.05, 0) is 18.6 Å². The smallest absolute Gasteiger partial charge is 0.318 e. The van der Waals surface area contributed by atoms with Gasteiger partial charge >= 0.3 is 6.03 Å². The molecule has 1 aromatic rings. The average Bonchev–Trinajstić information content (AvgIpc) is 3.20. The SMILES string of the molecule is CN1CC[C@H](NC(=O)N2CCN(C(=O)c3ccco3)CC2)C1=O. The Kier molecular flexibility index (Phi) is 4.22.